The van der Waals surface area contributed by atoms with Crippen molar-refractivity contribution in [2.45, 2.75) is 26.7 Å². The molecule has 0 N–H and O–H groups in total. The molecule has 27 heavy (non-hydrogen) atoms. The number of nitrogens with zero attached hydrogens (tertiary/aromatic N) is 5. The molecule has 2 aromatic heterocycles. The molecule has 1 aliphatic rings. The van der Waals surface area contributed by atoms with Gasteiger partial charge in [0, 0.05) is 36.6 Å². The number of aryl methyl sites for hydroxylation is 1. The number of piperidine rings is 1. The highest BCUT2D eigenvalue weighted by molar-refractivity contribution is 7.19. The highest BCUT2D eigenvalue weighted by Crippen LogP contribution is 2.40. The largest absolute Gasteiger partial charge is 0.348 e. The fourth-order valence-corrected chi connectivity index (χ4v) is 4.36. The molecule has 0 unspecified atom stereocenters. The van der Waals surface area contributed by atoms with E-state index in [4.69, 9.17) is 10.2 Å². The second-order valence-electron chi connectivity index (χ2n) is 7.05. The quantitative estimate of drug-likeness (QED) is 0.665. The number of aromatic nitrogens is 3. The topological polar surface area (TPSA) is 65.7 Å². The summed E-state index contributed by atoms with van der Waals surface area (Å²) in [4.78, 5) is 17.2. The zero-order chi connectivity index (χ0) is 18.8. The first-order valence-electron chi connectivity index (χ1n) is 9.19. The first-order chi connectivity index (χ1) is 13.1. The van der Waals surface area contributed by atoms with E-state index in [0.717, 1.165) is 51.7 Å². The van der Waals surface area contributed by atoms with Crippen molar-refractivity contribution in [1.29, 1.82) is 5.26 Å². The maximum absolute atomic E-state index is 9.07. The molecule has 0 saturated carbocycles. The summed E-state index contributed by atoms with van der Waals surface area (Å²) in [5.41, 5.74) is 3.58. The van der Waals surface area contributed by atoms with Gasteiger partial charge in [0.1, 0.15) is 5.82 Å². The van der Waals surface area contributed by atoms with E-state index in [2.05, 4.69) is 27.9 Å². The van der Waals surface area contributed by atoms with Crippen molar-refractivity contribution in [3.05, 3.63) is 48.0 Å². The van der Waals surface area contributed by atoms with Crippen LogP contribution in [0.3, 0.4) is 0 Å². The van der Waals surface area contributed by atoms with Crippen molar-refractivity contribution >= 4 is 16.5 Å². The van der Waals surface area contributed by atoms with Crippen LogP contribution in [0.15, 0.2) is 36.7 Å². The molecule has 0 atom stereocenters. The van der Waals surface area contributed by atoms with Gasteiger partial charge in [0.25, 0.3) is 0 Å². The van der Waals surface area contributed by atoms with Crippen LogP contribution in [-0.4, -0.2) is 28.0 Å². The van der Waals surface area contributed by atoms with E-state index in [-0.39, 0.29) is 0 Å². The van der Waals surface area contributed by atoms with Gasteiger partial charge in [-0.15, -0.1) is 0 Å². The Hall–Kier alpha value is -2.78. The molecular weight excluding hydrogens is 354 g/mol. The van der Waals surface area contributed by atoms with Crippen molar-refractivity contribution in [3.8, 4) is 27.8 Å². The zero-order valence-corrected chi connectivity index (χ0v) is 16.3. The molecule has 136 valence electrons. The first kappa shape index (κ1) is 17.6. The van der Waals surface area contributed by atoms with Gasteiger partial charge in [-0.1, -0.05) is 30.4 Å². The number of hydrogen-bond acceptors (Lipinski definition) is 6. The van der Waals surface area contributed by atoms with Gasteiger partial charge in [-0.3, -0.25) is 0 Å². The lowest BCUT2D eigenvalue weighted by atomic mass is 10.00. The number of rotatable bonds is 3. The van der Waals surface area contributed by atoms with Crippen LogP contribution in [0.1, 0.15) is 31.2 Å². The highest BCUT2D eigenvalue weighted by Gasteiger charge is 2.22. The summed E-state index contributed by atoms with van der Waals surface area (Å²) in [6, 6.07) is 9.79. The Morgan fingerprint density at radius 1 is 1.07 bits per heavy atom. The number of benzene rings is 1. The van der Waals surface area contributed by atoms with Crippen LogP contribution in [-0.2, 0) is 0 Å². The molecule has 1 fully saturated rings. The molecule has 1 aromatic carbocycles. The van der Waals surface area contributed by atoms with Crippen LogP contribution in [0.4, 0.5) is 5.13 Å². The minimum atomic E-state index is 0.652. The van der Waals surface area contributed by atoms with Gasteiger partial charge in [-0.25, -0.2) is 15.0 Å². The normalized spacial score (nSPS) is 14.9. The van der Waals surface area contributed by atoms with Crippen molar-refractivity contribution in [2.75, 3.05) is 18.0 Å². The minimum Gasteiger partial charge on any atom is -0.348 e. The van der Waals surface area contributed by atoms with Crippen LogP contribution in [0, 0.1) is 24.2 Å². The predicted molar refractivity (Wildman–Crippen MR) is 109 cm³/mol. The Morgan fingerprint density at radius 3 is 2.37 bits per heavy atom. The Bertz CT molecular complexity index is 961. The third-order valence-corrected chi connectivity index (χ3v) is 6.17. The molecule has 4 rings (SSSR count). The van der Waals surface area contributed by atoms with E-state index in [1.807, 2.05) is 43.6 Å². The van der Waals surface area contributed by atoms with Crippen molar-refractivity contribution in [3.63, 3.8) is 0 Å². The number of thiazole rings is 1. The number of nitriles is 1. The summed E-state index contributed by atoms with van der Waals surface area (Å²) >= 11 is 1.70. The Balaban J connectivity index is 1.77. The van der Waals surface area contributed by atoms with E-state index in [0.29, 0.717) is 5.56 Å². The lowest BCUT2D eigenvalue weighted by Gasteiger charge is -2.29. The maximum Gasteiger partial charge on any atom is 0.186 e. The fourth-order valence-electron chi connectivity index (χ4n) is 3.25. The predicted octanol–water partition coefficient (Wildman–Crippen LogP) is 4.68. The summed E-state index contributed by atoms with van der Waals surface area (Å²) in [5, 5.41) is 10.1. The average Bonchev–Trinajstić information content (AvgIpc) is 3.14. The molecule has 0 spiro atoms. The highest BCUT2D eigenvalue weighted by atomic mass is 32.1. The van der Waals surface area contributed by atoms with Gasteiger partial charge >= 0.3 is 0 Å². The molecule has 1 saturated heterocycles. The van der Waals surface area contributed by atoms with Crippen molar-refractivity contribution in [2.24, 2.45) is 5.92 Å². The molecular formula is C21H21N5S. The van der Waals surface area contributed by atoms with Crippen LogP contribution >= 0.6 is 11.3 Å². The molecule has 0 amide bonds. The van der Waals surface area contributed by atoms with Gasteiger partial charge in [0.2, 0.25) is 0 Å². The molecule has 3 aromatic rings. The Morgan fingerprint density at radius 2 is 1.74 bits per heavy atom. The summed E-state index contributed by atoms with van der Waals surface area (Å²) in [5.74, 6) is 1.54. The SMILES string of the molecule is Cc1ncc(-c2sc(N3CCC(C)CC3)nc2-c2ccc(C#N)cc2)cn1. The van der Waals surface area contributed by atoms with E-state index < -0.39 is 0 Å². The van der Waals surface area contributed by atoms with Gasteiger partial charge in [-0.05, 0) is 37.8 Å². The lowest BCUT2D eigenvalue weighted by Crippen LogP contribution is -2.32. The van der Waals surface area contributed by atoms with E-state index in [1.165, 1.54) is 12.8 Å². The van der Waals surface area contributed by atoms with Gasteiger partial charge < -0.3 is 4.90 Å². The average molecular weight is 376 g/mol. The molecule has 5 nitrogen and oxygen atoms in total. The van der Waals surface area contributed by atoms with Gasteiger partial charge in [0.15, 0.2) is 5.13 Å². The van der Waals surface area contributed by atoms with Gasteiger partial charge in [0.05, 0.1) is 22.2 Å². The van der Waals surface area contributed by atoms with Crippen molar-refractivity contribution in [1.82, 2.24) is 15.0 Å². The molecule has 0 radical (unpaired) electrons. The fraction of sp³-hybridized carbons (Fsp3) is 0.333. The second-order valence-corrected chi connectivity index (χ2v) is 8.03. The van der Waals surface area contributed by atoms with Crippen LogP contribution in [0.2, 0.25) is 0 Å². The Labute approximate surface area is 163 Å². The third kappa shape index (κ3) is 3.69. The summed E-state index contributed by atoms with van der Waals surface area (Å²) in [7, 11) is 0. The molecule has 0 aliphatic carbocycles. The van der Waals surface area contributed by atoms with Crippen LogP contribution in [0.25, 0.3) is 21.7 Å². The summed E-state index contributed by atoms with van der Waals surface area (Å²) < 4.78 is 0. The zero-order valence-electron chi connectivity index (χ0n) is 15.5. The smallest absolute Gasteiger partial charge is 0.186 e. The first-order valence-corrected chi connectivity index (χ1v) is 10.0. The van der Waals surface area contributed by atoms with Crippen molar-refractivity contribution < 1.29 is 0 Å². The van der Waals surface area contributed by atoms with E-state index in [1.54, 1.807) is 11.3 Å². The molecule has 1 aliphatic heterocycles. The van der Waals surface area contributed by atoms with E-state index >= 15 is 0 Å². The monoisotopic (exact) mass is 375 g/mol. The van der Waals surface area contributed by atoms with Crippen LogP contribution in [0.5, 0.6) is 0 Å². The summed E-state index contributed by atoms with van der Waals surface area (Å²) in [6.07, 6.45) is 6.14. The maximum atomic E-state index is 9.07. The van der Waals surface area contributed by atoms with E-state index in [9.17, 15) is 0 Å². The lowest BCUT2D eigenvalue weighted by molar-refractivity contribution is 0.438. The minimum absolute atomic E-state index is 0.652. The molecule has 6 heteroatoms. The summed E-state index contributed by atoms with van der Waals surface area (Å²) in [6.45, 7) is 6.30. The standard InChI is InChI=1S/C21H21N5S/c1-14-7-9-26(10-8-14)21-25-19(17-5-3-16(11-22)4-6-17)20(27-21)18-12-23-15(2)24-13-18/h3-6,12-14H,7-10H2,1-2H3. The Kier molecular flexibility index (Phi) is 4.87. The second kappa shape index (κ2) is 7.45. The third-order valence-electron chi connectivity index (χ3n) is 5.00. The van der Waals surface area contributed by atoms with Crippen LogP contribution < -0.4 is 4.90 Å². The molecule has 0 bridgehead atoms. The van der Waals surface area contributed by atoms with Gasteiger partial charge in [-0.2, -0.15) is 5.26 Å². The number of hydrogen-bond donors (Lipinski definition) is 0. The molecule has 3 heterocycles. The number of anilines is 1.